The Morgan fingerprint density at radius 1 is 0.404 bits per heavy atom. The molecule has 0 radical (unpaired) electrons. The van der Waals surface area contributed by atoms with Gasteiger partial charge in [-0.3, -0.25) is 0 Å². The SMILES string of the molecule is c1ccc2c(N(c3ccc4c(ccc5c4c4cccc6c7ccccc7n5c64)c3)c3ccc4c(c3)sc3ccccc34)cccc2c1. The van der Waals surface area contributed by atoms with Gasteiger partial charge < -0.3 is 9.30 Å². The average Bonchev–Trinajstić information content (AvgIpc) is 3.79. The Balaban J connectivity index is 1.18. The lowest BCUT2D eigenvalue weighted by atomic mass is 10.0. The molecular formula is C44H26N2S. The fourth-order valence-electron chi connectivity index (χ4n) is 8.07. The highest BCUT2D eigenvalue weighted by Crippen LogP contribution is 2.45. The van der Waals surface area contributed by atoms with Gasteiger partial charge in [0.05, 0.1) is 22.2 Å². The van der Waals surface area contributed by atoms with Gasteiger partial charge in [-0.1, -0.05) is 109 Å². The third-order valence-electron chi connectivity index (χ3n) is 10.1. The van der Waals surface area contributed by atoms with Gasteiger partial charge in [0.2, 0.25) is 0 Å². The van der Waals surface area contributed by atoms with Crippen LogP contribution in [0.25, 0.3) is 79.8 Å². The molecule has 2 nitrogen and oxygen atoms in total. The third-order valence-corrected chi connectivity index (χ3v) is 11.2. The van der Waals surface area contributed by atoms with Gasteiger partial charge in [-0.25, -0.2) is 0 Å². The predicted octanol–water partition coefficient (Wildman–Crippen LogP) is 13.0. The summed E-state index contributed by atoms with van der Waals surface area (Å²) in [6.45, 7) is 0. The summed E-state index contributed by atoms with van der Waals surface area (Å²) >= 11 is 1.87. The normalized spacial score (nSPS) is 12.3. The summed E-state index contributed by atoms with van der Waals surface area (Å²) < 4.78 is 5.09. The second-order valence-electron chi connectivity index (χ2n) is 12.5. The van der Waals surface area contributed by atoms with Crippen LogP contribution in [0.4, 0.5) is 17.1 Å². The Morgan fingerprint density at radius 2 is 1.09 bits per heavy atom. The molecule has 3 aromatic heterocycles. The first-order chi connectivity index (χ1) is 23.3. The Bertz CT molecular complexity index is 3030. The van der Waals surface area contributed by atoms with Gasteiger partial charge in [-0.2, -0.15) is 0 Å². The molecule has 0 saturated heterocycles. The molecule has 3 heteroatoms. The maximum atomic E-state index is 2.46. The summed E-state index contributed by atoms with van der Waals surface area (Å²) in [6, 6.07) is 58.2. The van der Waals surface area contributed by atoms with Crippen molar-refractivity contribution in [1.82, 2.24) is 4.40 Å². The van der Waals surface area contributed by atoms with Crippen LogP contribution in [0, 0.1) is 0 Å². The number of aromatic nitrogens is 1. The van der Waals surface area contributed by atoms with Crippen molar-refractivity contribution < 1.29 is 0 Å². The van der Waals surface area contributed by atoms with Crippen LogP contribution in [0.5, 0.6) is 0 Å². The Hall–Kier alpha value is -5.90. The van der Waals surface area contributed by atoms with E-state index in [4.69, 9.17) is 0 Å². The van der Waals surface area contributed by atoms with Crippen molar-refractivity contribution in [3.05, 3.63) is 158 Å². The van der Waals surface area contributed by atoms with Crippen LogP contribution in [0.2, 0.25) is 0 Å². The lowest BCUT2D eigenvalue weighted by Gasteiger charge is -2.27. The van der Waals surface area contributed by atoms with Crippen LogP contribution in [0.15, 0.2) is 158 Å². The second-order valence-corrected chi connectivity index (χ2v) is 13.6. The molecule has 0 aliphatic carbocycles. The third kappa shape index (κ3) is 3.44. The lowest BCUT2D eigenvalue weighted by Crippen LogP contribution is -2.10. The fraction of sp³-hybridized carbons (Fsp3) is 0. The van der Waals surface area contributed by atoms with E-state index in [1.807, 2.05) is 11.3 Å². The van der Waals surface area contributed by atoms with E-state index >= 15 is 0 Å². The highest BCUT2D eigenvalue weighted by molar-refractivity contribution is 7.25. The first-order valence-corrected chi connectivity index (χ1v) is 16.9. The molecule has 218 valence electrons. The van der Waals surface area contributed by atoms with Crippen molar-refractivity contribution in [2.24, 2.45) is 0 Å². The van der Waals surface area contributed by atoms with Crippen LogP contribution >= 0.6 is 11.3 Å². The van der Waals surface area contributed by atoms with Gasteiger partial charge in [-0.05, 0) is 64.7 Å². The van der Waals surface area contributed by atoms with E-state index in [1.54, 1.807) is 0 Å². The van der Waals surface area contributed by atoms with Crippen molar-refractivity contribution in [2.45, 2.75) is 0 Å². The molecule has 11 rings (SSSR count). The van der Waals surface area contributed by atoms with E-state index in [-0.39, 0.29) is 0 Å². The zero-order valence-corrected chi connectivity index (χ0v) is 26.1. The van der Waals surface area contributed by atoms with E-state index in [9.17, 15) is 0 Å². The molecule has 0 aliphatic rings. The standard InChI is InChI=1S/C44H26N2S/c1-2-11-31-27(9-1)10-7-17-38(31)45(30-21-23-35-34-13-4-6-18-41(34)47-42(35)26-30)29-20-22-32-28(25-29)19-24-40-43(32)37-15-8-14-36-33-12-3-5-16-39(33)46(40)44(36)37/h1-26H. The molecule has 47 heavy (non-hydrogen) atoms. The number of anilines is 3. The van der Waals surface area contributed by atoms with E-state index < -0.39 is 0 Å². The zero-order valence-electron chi connectivity index (χ0n) is 25.3. The summed E-state index contributed by atoms with van der Waals surface area (Å²) in [5.41, 5.74) is 7.33. The Labute approximate surface area is 274 Å². The molecule has 11 aromatic rings. The van der Waals surface area contributed by atoms with Gasteiger partial charge in [0, 0.05) is 58.5 Å². The molecule has 8 aromatic carbocycles. The maximum Gasteiger partial charge on any atom is 0.0620 e. The van der Waals surface area contributed by atoms with E-state index in [0.717, 1.165) is 11.4 Å². The average molecular weight is 615 g/mol. The first-order valence-electron chi connectivity index (χ1n) is 16.1. The molecule has 0 fully saturated rings. The lowest BCUT2D eigenvalue weighted by molar-refractivity contribution is 1.31. The molecule has 0 bridgehead atoms. The largest absolute Gasteiger partial charge is 0.310 e. The topological polar surface area (TPSA) is 7.65 Å². The van der Waals surface area contributed by atoms with Crippen molar-refractivity contribution in [1.29, 1.82) is 0 Å². The fourth-order valence-corrected chi connectivity index (χ4v) is 9.21. The number of rotatable bonds is 3. The number of para-hydroxylation sites is 2. The van der Waals surface area contributed by atoms with Crippen molar-refractivity contribution in [3.8, 4) is 0 Å². The zero-order chi connectivity index (χ0) is 30.6. The maximum absolute atomic E-state index is 2.46. The van der Waals surface area contributed by atoms with Crippen molar-refractivity contribution >= 4 is 108 Å². The van der Waals surface area contributed by atoms with E-state index in [0.29, 0.717) is 0 Å². The predicted molar refractivity (Wildman–Crippen MR) is 204 cm³/mol. The summed E-state index contributed by atoms with van der Waals surface area (Å²) in [6.07, 6.45) is 0. The number of hydrogen-bond acceptors (Lipinski definition) is 2. The number of fused-ring (bicyclic) bond motifs is 12. The minimum atomic E-state index is 1.15. The summed E-state index contributed by atoms with van der Waals surface area (Å²) in [5.74, 6) is 0. The Morgan fingerprint density at radius 3 is 2.02 bits per heavy atom. The molecule has 0 saturated carbocycles. The van der Waals surface area contributed by atoms with E-state index in [1.165, 1.54) is 85.5 Å². The van der Waals surface area contributed by atoms with Gasteiger partial charge >= 0.3 is 0 Å². The number of benzene rings is 8. The highest BCUT2D eigenvalue weighted by Gasteiger charge is 2.21. The molecule has 3 heterocycles. The molecule has 0 unspecified atom stereocenters. The monoisotopic (exact) mass is 614 g/mol. The molecule has 0 spiro atoms. The Kier molecular flexibility index (Phi) is 5.02. The van der Waals surface area contributed by atoms with Crippen molar-refractivity contribution in [3.63, 3.8) is 0 Å². The van der Waals surface area contributed by atoms with Crippen LogP contribution in [-0.2, 0) is 0 Å². The van der Waals surface area contributed by atoms with E-state index in [2.05, 4.69) is 167 Å². The van der Waals surface area contributed by atoms with Crippen LogP contribution < -0.4 is 4.90 Å². The van der Waals surface area contributed by atoms with Gasteiger partial charge in [0.15, 0.2) is 0 Å². The van der Waals surface area contributed by atoms with Gasteiger partial charge in [0.1, 0.15) is 0 Å². The quantitative estimate of drug-likeness (QED) is 0.192. The molecule has 0 atom stereocenters. The molecule has 0 aliphatic heterocycles. The highest BCUT2D eigenvalue weighted by atomic mass is 32.1. The van der Waals surface area contributed by atoms with Crippen LogP contribution in [0.3, 0.4) is 0 Å². The second kappa shape index (κ2) is 9.32. The minimum absolute atomic E-state index is 1.15. The molecule has 0 amide bonds. The van der Waals surface area contributed by atoms with Crippen molar-refractivity contribution in [2.75, 3.05) is 4.90 Å². The van der Waals surface area contributed by atoms with Gasteiger partial charge in [-0.15, -0.1) is 11.3 Å². The summed E-state index contributed by atoms with van der Waals surface area (Å²) in [4.78, 5) is 2.44. The number of hydrogen-bond donors (Lipinski definition) is 0. The smallest absolute Gasteiger partial charge is 0.0620 e. The van der Waals surface area contributed by atoms with Crippen LogP contribution in [0.1, 0.15) is 0 Å². The summed E-state index contributed by atoms with van der Waals surface area (Å²) in [5, 5.41) is 12.9. The van der Waals surface area contributed by atoms with Crippen LogP contribution in [-0.4, -0.2) is 4.40 Å². The number of thiophene rings is 1. The minimum Gasteiger partial charge on any atom is -0.310 e. The van der Waals surface area contributed by atoms with Gasteiger partial charge in [0.25, 0.3) is 0 Å². The summed E-state index contributed by atoms with van der Waals surface area (Å²) in [7, 11) is 0. The molecular weight excluding hydrogens is 589 g/mol. The number of nitrogens with zero attached hydrogens (tertiary/aromatic N) is 2. The molecule has 0 N–H and O–H groups in total. The first kappa shape index (κ1) is 25.3.